The molecule has 1 N–H and O–H groups in total. The molecule has 1 aromatic rings. The van der Waals surface area contributed by atoms with E-state index in [1.165, 1.54) is 0 Å². The molecule has 2 aliphatic rings. The van der Waals surface area contributed by atoms with Gasteiger partial charge < -0.3 is 15.0 Å². The monoisotopic (exact) mass is 386 g/mol. The summed E-state index contributed by atoms with van der Waals surface area (Å²) in [5.41, 5.74) is 0.586. The summed E-state index contributed by atoms with van der Waals surface area (Å²) in [7, 11) is 0. The number of amides is 2. The van der Waals surface area contributed by atoms with Gasteiger partial charge in [-0.2, -0.15) is 0 Å². The zero-order valence-electron chi connectivity index (χ0n) is 17.8. The Balaban J connectivity index is 1.65. The predicted molar refractivity (Wildman–Crippen MR) is 110 cm³/mol. The van der Waals surface area contributed by atoms with Crippen LogP contribution in [-0.4, -0.2) is 41.6 Å². The van der Waals surface area contributed by atoms with Gasteiger partial charge in [-0.05, 0) is 51.0 Å². The van der Waals surface area contributed by atoms with Crippen molar-refractivity contribution in [1.29, 1.82) is 0 Å². The van der Waals surface area contributed by atoms with E-state index in [0.717, 1.165) is 31.5 Å². The van der Waals surface area contributed by atoms with Gasteiger partial charge in [-0.3, -0.25) is 4.79 Å². The van der Waals surface area contributed by atoms with Crippen LogP contribution >= 0.6 is 0 Å². The molecule has 154 valence electrons. The molecule has 28 heavy (non-hydrogen) atoms. The van der Waals surface area contributed by atoms with E-state index in [1.807, 2.05) is 56.0 Å². The Kier molecular flexibility index (Phi) is 6.01. The highest BCUT2D eigenvalue weighted by Gasteiger charge is 2.46. The van der Waals surface area contributed by atoms with Crippen molar-refractivity contribution >= 4 is 12.0 Å². The van der Waals surface area contributed by atoms with Gasteiger partial charge in [0.05, 0.1) is 5.92 Å². The van der Waals surface area contributed by atoms with Gasteiger partial charge in [0.25, 0.3) is 0 Å². The molecule has 0 radical (unpaired) electrons. The Hall–Kier alpha value is -2.04. The molecule has 0 spiro atoms. The zero-order valence-corrected chi connectivity index (χ0v) is 17.8. The van der Waals surface area contributed by atoms with Gasteiger partial charge in [0.15, 0.2) is 0 Å². The first-order chi connectivity index (χ1) is 13.2. The average Bonchev–Trinajstić information content (AvgIpc) is 3.16. The van der Waals surface area contributed by atoms with Gasteiger partial charge in [0.1, 0.15) is 5.60 Å². The van der Waals surface area contributed by atoms with Crippen molar-refractivity contribution in [3.63, 3.8) is 0 Å². The number of nitrogens with zero attached hydrogens (tertiary/aromatic N) is 1. The smallest absolute Gasteiger partial charge is 0.407 e. The molecule has 3 rings (SSSR count). The van der Waals surface area contributed by atoms with Crippen molar-refractivity contribution in [2.75, 3.05) is 13.1 Å². The van der Waals surface area contributed by atoms with Gasteiger partial charge in [-0.25, -0.2) is 4.79 Å². The highest BCUT2D eigenvalue weighted by Crippen LogP contribution is 2.40. The average molecular weight is 387 g/mol. The van der Waals surface area contributed by atoms with Crippen LogP contribution in [0.25, 0.3) is 0 Å². The number of alkyl carbamates (subject to hydrolysis) is 1. The molecule has 5 heteroatoms. The van der Waals surface area contributed by atoms with Crippen LogP contribution in [-0.2, 0) is 9.53 Å². The molecule has 1 aliphatic carbocycles. The minimum atomic E-state index is -0.500. The van der Waals surface area contributed by atoms with Crippen LogP contribution in [0.15, 0.2) is 30.3 Å². The topological polar surface area (TPSA) is 58.6 Å². The maximum absolute atomic E-state index is 13.3. The van der Waals surface area contributed by atoms with Gasteiger partial charge in [0.2, 0.25) is 5.91 Å². The number of fused-ring (bicyclic) bond motifs is 1. The summed E-state index contributed by atoms with van der Waals surface area (Å²) in [4.78, 5) is 27.6. The molecule has 2 fully saturated rings. The third-order valence-corrected chi connectivity index (χ3v) is 5.96. The van der Waals surface area contributed by atoms with E-state index in [1.54, 1.807) is 0 Å². The van der Waals surface area contributed by atoms with Gasteiger partial charge >= 0.3 is 6.09 Å². The third kappa shape index (κ3) is 4.68. The number of rotatable bonds is 4. The van der Waals surface area contributed by atoms with Gasteiger partial charge in [0, 0.05) is 25.0 Å². The molecule has 0 bridgehead atoms. The molecule has 1 saturated heterocycles. The lowest BCUT2D eigenvalue weighted by molar-refractivity contribution is -0.133. The van der Waals surface area contributed by atoms with Crippen molar-refractivity contribution < 1.29 is 14.3 Å². The Morgan fingerprint density at radius 3 is 2.39 bits per heavy atom. The predicted octanol–water partition coefficient (Wildman–Crippen LogP) is 4.19. The zero-order chi connectivity index (χ0) is 20.5. The SMILES string of the molecule is CC(C)C(C(=O)N1C[C@H]2CC[C@H](NC(=O)OC(C)(C)C)[C@H]2C1)c1ccccc1. The number of nitrogens with one attached hydrogen (secondary N) is 1. The molecule has 1 aromatic carbocycles. The van der Waals surface area contributed by atoms with Crippen LogP contribution < -0.4 is 5.32 Å². The van der Waals surface area contributed by atoms with Crippen molar-refractivity contribution in [2.45, 2.75) is 65.0 Å². The lowest BCUT2D eigenvalue weighted by atomic mass is 9.87. The number of ether oxygens (including phenoxy) is 1. The quantitative estimate of drug-likeness (QED) is 0.844. The second kappa shape index (κ2) is 8.14. The number of likely N-dealkylation sites (tertiary alicyclic amines) is 1. The Labute approximate surface area is 168 Å². The van der Waals surface area contributed by atoms with Gasteiger partial charge in [-0.15, -0.1) is 0 Å². The molecule has 4 atom stereocenters. The second-order valence-electron chi connectivity index (χ2n) is 9.63. The summed E-state index contributed by atoms with van der Waals surface area (Å²) in [6.07, 6.45) is 1.66. The minimum absolute atomic E-state index is 0.0897. The largest absolute Gasteiger partial charge is 0.444 e. The summed E-state index contributed by atoms with van der Waals surface area (Å²) < 4.78 is 5.42. The van der Waals surface area contributed by atoms with Gasteiger partial charge in [-0.1, -0.05) is 44.2 Å². The van der Waals surface area contributed by atoms with E-state index < -0.39 is 5.60 Å². The van der Waals surface area contributed by atoms with Crippen LogP contribution in [0.3, 0.4) is 0 Å². The molecule has 1 heterocycles. The number of benzene rings is 1. The van der Waals surface area contributed by atoms with E-state index in [-0.39, 0.29) is 29.9 Å². The minimum Gasteiger partial charge on any atom is -0.444 e. The first-order valence-electron chi connectivity index (χ1n) is 10.5. The van der Waals surface area contributed by atoms with Crippen molar-refractivity contribution in [3.8, 4) is 0 Å². The van der Waals surface area contributed by atoms with Crippen molar-refractivity contribution in [3.05, 3.63) is 35.9 Å². The Morgan fingerprint density at radius 2 is 1.79 bits per heavy atom. The van der Waals surface area contributed by atoms with E-state index in [0.29, 0.717) is 11.8 Å². The van der Waals surface area contributed by atoms with E-state index in [4.69, 9.17) is 4.74 Å². The summed E-state index contributed by atoms with van der Waals surface area (Å²) in [6.45, 7) is 11.4. The lowest BCUT2D eigenvalue weighted by Crippen LogP contribution is -2.43. The molecule has 1 saturated carbocycles. The molecular formula is C23H34N2O3. The first kappa shape index (κ1) is 20.7. The van der Waals surface area contributed by atoms with Crippen LogP contribution in [0.4, 0.5) is 4.79 Å². The normalized spacial score (nSPS) is 25.5. The molecule has 1 unspecified atom stereocenters. The molecule has 1 aliphatic heterocycles. The maximum Gasteiger partial charge on any atom is 0.407 e. The standard InChI is InChI=1S/C23H34N2O3/c1-15(2)20(16-9-7-6-8-10-16)21(26)25-13-17-11-12-19(18(17)14-25)24-22(27)28-23(3,4)5/h6-10,15,17-20H,11-14H2,1-5H3,(H,24,27)/t17-,18+,19+,20?/m1/s1. The Bertz CT molecular complexity index is 696. The van der Waals surface area contributed by atoms with Crippen LogP contribution in [0.1, 0.15) is 58.9 Å². The van der Waals surface area contributed by atoms with Crippen molar-refractivity contribution in [2.24, 2.45) is 17.8 Å². The van der Waals surface area contributed by atoms with E-state index >= 15 is 0 Å². The number of carbonyl (C=O) groups is 2. The summed E-state index contributed by atoms with van der Waals surface area (Å²) in [6, 6.07) is 10.2. The van der Waals surface area contributed by atoms with E-state index in [2.05, 4.69) is 19.2 Å². The maximum atomic E-state index is 13.3. The molecule has 5 nitrogen and oxygen atoms in total. The lowest BCUT2D eigenvalue weighted by Gasteiger charge is -2.28. The second-order valence-corrected chi connectivity index (χ2v) is 9.63. The number of hydrogen-bond donors (Lipinski definition) is 1. The summed E-state index contributed by atoms with van der Waals surface area (Å²) >= 11 is 0. The molecule has 0 aromatic heterocycles. The van der Waals surface area contributed by atoms with Crippen molar-refractivity contribution in [1.82, 2.24) is 10.2 Å². The van der Waals surface area contributed by atoms with Crippen LogP contribution in [0, 0.1) is 17.8 Å². The summed E-state index contributed by atoms with van der Waals surface area (Å²) in [5.74, 6) is 1.13. The van der Waals surface area contributed by atoms with Crippen LogP contribution in [0.2, 0.25) is 0 Å². The fraction of sp³-hybridized carbons (Fsp3) is 0.652. The first-order valence-corrected chi connectivity index (χ1v) is 10.5. The van der Waals surface area contributed by atoms with Crippen LogP contribution in [0.5, 0.6) is 0 Å². The Morgan fingerprint density at radius 1 is 1.11 bits per heavy atom. The molecular weight excluding hydrogens is 352 g/mol. The fourth-order valence-electron chi connectivity index (χ4n) is 4.75. The van der Waals surface area contributed by atoms with E-state index in [9.17, 15) is 9.59 Å². The highest BCUT2D eigenvalue weighted by atomic mass is 16.6. The fourth-order valence-corrected chi connectivity index (χ4v) is 4.75. The number of hydrogen-bond acceptors (Lipinski definition) is 3. The molecule has 2 amide bonds. The third-order valence-electron chi connectivity index (χ3n) is 5.96. The summed E-state index contributed by atoms with van der Waals surface area (Å²) in [5, 5.41) is 3.05. The highest BCUT2D eigenvalue weighted by molar-refractivity contribution is 5.84. The number of carbonyl (C=O) groups excluding carboxylic acids is 2.